The highest BCUT2D eigenvalue weighted by atomic mass is 127. The van der Waals surface area contributed by atoms with Crippen LogP contribution in [0.1, 0.15) is 31.4 Å². The minimum absolute atomic E-state index is 0. The maximum atomic E-state index is 5.82. The lowest BCUT2D eigenvalue weighted by molar-refractivity contribution is -0.0704. The summed E-state index contributed by atoms with van der Waals surface area (Å²) in [6, 6.07) is 10.8. The Kier molecular flexibility index (Phi) is 10.6. The van der Waals surface area contributed by atoms with Gasteiger partial charge in [-0.15, -0.1) is 24.0 Å². The summed E-state index contributed by atoms with van der Waals surface area (Å²) in [5.74, 6) is 0.825. The number of ether oxygens (including phenoxy) is 1. The van der Waals surface area contributed by atoms with Crippen molar-refractivity contribution in [3.8, 4) is 0 Å². The third-order valence-corrected chi connectivity index (χ3v) is 5.02. The molecule has 7 nitrogen and oxygen atoms in total. The van der Waals surface area contributed by atoms with Crippen LogP contribution in [0, 0.1) is 0 Å². The van der Waals surface area contributed by atoms with Crippen LogP contribution in [0.3, 0.4) is 0 Å². The predicted molar refractivity (Wildman–Crippen MR) is 132 cm³/mol. The van der Waals surface area contributed by atoms with Gasteiger partial charge in [-0.2, -0.15) is 5.10 Å². The van der Waals surface area contributed by atoms with Crippen LogP contribution < -0.4 is 10.6 Å². The summed E-state index contributed by atoms with van der Waals surface area (Å²) < 4.78 is 7.76. The van der Waals surface area contributed by atoms with Gasteiger partial charge in [-0.1, -0.05) is 24.3 Å². The number of halogens is 1. The molecule has 0 bridgehead atoms. The summed E-state index contributed by atoms with van der Waals surface area (Å²) in [5.41, 5.74) is 2.59. The van der Waals surface area contributed by atoms with E-state index in [1.54, 1.807) is 13.2 Å². The van der Waals surface area contributed by atoms with Gasteiger partial charge in [0.1, 0.15) is 0 Å². The van der Waals surface area contributed by atoms with Crippen molar-refractivity contribution in [3.63, 3.8) is 0 Å². The Morgan fingerprint density at radius 1 is 1.13 bits per heavy atom. The number of aryl methyl sites for hydroxylation is 1. The molecule has 30 heavy (non-hydrogen) atoms. The van der Waals surface area contributed by atoms with Gasteiger partial charge < -0.3 is 15.4 Å². The Labute approximate surface area is 197 Å². The number of aromatic nitrogens is 2. The van der Waals surface area contributed by atoms with Crippen molar-refractivity contribution < 1.29 is 4.74 Å². The van der Waals surface area contributed by atoms with Crippen LogP contribution in [0.4, 0.5) is 0 Å². The molecule has 1 aliphatic rings. The van der Waals surface area contributed by atoms with Crippen LogP contribution in [0.2, 0.25) is 0 Å². The van der Waals surface area contributed by atoms with Crippen LogP contribution in [-0.2, 0) is 24.4 Å². The SMILES string of the molecule is CN=C(NCCCn1cccn1)NCc1ccc(CN2CC(C)OC(C)C2)cc1.I. The second-order valence-corrected chi connectivity index (χ2v) is 7.74. The number of guanidine groups is 1. The molecule has 8 heteroatoms. The molecule has 0 aliphatic carbocycles. The average molecular weight is 526 g/mol. The van der Waals surface area contributed by atoms with Crippen LogP contribution in [0.5, 0.6) is 0 Å². The third-order valence-electron chi connectivity index (χ3n) is 5.02. The number of aliphatic imine (C=N–C) groups is 1. The number of hydrogen-bond donors (Lipinski definition) is 2. The summed E-state index contributed by atoms with van der Waals surface area (Å²) in [6.07, 6.45) is 5.40. The van der Waals surface area contributed by atoms with Gasteiger partial charge in [0.2, 0.25) is 0 Å². The first-order valence-corrected chi connectivity index (χ1v) is 10.5. The van der Waals surface area contributed by atoms with E-state index in [-0.39, 0.29) is 24.0 Å². The maximum absolute atomic E-state index is 5.82. The van der Waals surface area contributed by atoms with Gasteiger partial charge in [-0.25, -0.2) is 0 Å². The molecule has 2 unspecified atom stereocenters. The second-order valence-electron chi connectivity index (χ2n) is 7.74. The van der Waals surface area contributed by atoms with Crippen LogP contribution >= 0.6 is 24.0 Å². The smallest absolute Gasteiger partial charge is 0.191 e. The van der Waals surface area contributed by atoms with Crippen molar-refractivity contribution in [2.24, 2.45) is 4.99 Å². The minimum Gasteiger partial charge on any atom is -0.373 e. The highest BCUT2D eigenvalue weighted by molar-refractivity contribution is 14.0. The van der Waals surface area contributed by atoms with Crippen LogP contribution in [0.15, 0.2) is 47.7 Å². The lowest BCUT2D eigenvalue weighted by Gasteiger charge is -2.35. The Bertz CT molecular complexity index is 739. The van der Waals surface area contributed by atoms with E-state index in [0.717, 1.165) is 51.6 Å². The molecule has 0 radical (unpaired) electrons. The van der Waals surface area contributed by atoms with E-state index in [0.29, 0.717) is 12.2 Å². The molecule has 0 amide bonds. The molecular weight excluding hydrogens is 491 g/mol. The first-order valence-electron chi connectivity index (χ1n) is 10.5. The molecule has 1 aromatic heterocycles. The van der Waals surface area contributed by atoms with Crippen LogP contribution in [-0.4, -0.2) is 59.5 Å². The van der Waals surface area contributed by atoms with E-state index in [1.807, 2.05) is 16.9 Å². The fourth-order valence-electron chi connectivity index (χ4n) is 3.72. The number of nitrogens with zero attached hydrogens (tertiary/aromatic N) is 4. The quantitative estimate of drug-likeness (QED) is 0.240. The Hall–Kier alpha value is -1.65. The van der Waals surface area contributed by atoms with Gasteiger partial charge in [0.05, 0.1) is 12.2 Å². The molecule has 2 heterocycles. The van der Waals surface area contributed by atoms with Crippen LogP contribution in [0.25, 0.3) is 0 Å². The highest BCUT2D eigenvalue weighted by Crippen LogP contribution is 2.14. The molecule has 1 saturated heterocycles. The predicted octanol–water partition coefficient (Wildman–Crippen LogP) is 2.87. The number of nitrogens with one attached hydrogen (secondary N) is 2. The number of hydrogen-bond acceptors (Lipinski definition) is 4. The summed E-state index contributed by atoms with van der Waals surface area (Å²) in [7, 11) is 1.80. The van der Waals surface area contributed by atoms with Gasteiger partial charge in [-0.05, 0) is 37.5 Å². The van der Waals surface area contributed by atoms with Crippen molar-refractivity contribution in [3.05, 3.63) is 53.9 Å². The molecule has 2 N–H and O–H groups in total. The fraction of sp³-hybridized carbons (Fsp3) is 0.545. The van der Waals surface area contributed by atoms with E-state index in [4.69, 9.17) is 4.74 Å². The second kappa shape index (κ2) is 12.9. The molecule has 3 rings (SSSR count). The van der Waals surface area contributed by atoms with Gasteiger partial charge in [0.15, 0.2) is 5.96 Å². The van der Waals surface area contributed by atoms with Gasteiger partial charge in [0, 0.05) is 58.7 Å². The Morgan fingerprint density at radius 2 is 1.83 bits per heavy atom. The highest BCUT2D eigenvalue weighted by Gasteiger charge is 2.21. The summed E-state index contributed by atoms with van der Waals surface area (Å²) in [4.78, 5) is 6.77. The third kappa shape index (κ3) is 8.23. The van der Waals surface area contributed by atoms with Gasteiger partial charge in [0.25, 0.3) is 0 Å². The van der Waals surface area contributed by atoms with E-state index < -0.39 is 0 Å². The Morgan fingerprint density at radius 3 is 2.47 bits per heavy atom. The first-order chi connectivity index (χ1) is 14.1. The number of benzene rings is 1. The number of rotatable bonds is 8. The van der Waals surface area contributed by atoms with Crippen molar-refractivity contribution in [2.45, 2.75) is 52.1 Å². The largest absolute Gasteiger partial charge is 0.373 e. The maximum Gasteiger partial charge on any atom is 0.191 e. The number of morpholine rings is 1. The molecule has 1 fully saturated rings. The molecule has 2 aromatic rings. The zero-order valence-corrected chi connectivity index (χ0v) is 20.6. The van der Waals surface area contributed by atoms with Crippen molar-refractivity contribution in [1.29, 1.82) is 0 Å². The molecule has 0 saturated carbocycles. The van der Waals surface area contributed by atoms with Crippen molar-refractivity contribution in [1.82, 2.24) is 25.3 Å². The lowest BCUT2D eigenvalue weighted by atomic mass is 10.1. The molecule has 2 atom stereocenters. The van der Waals surface area contributed by atoms with E-state index in [9.17, 15) is 0 Å². The van der Waals surface area contributed by atoms with E-state index in [1.165, 1.54) is 11.1 Å². The standard InChI is InChI=1S/C22H34N6O.HI/c1-18-15-27(16-19(2)29-18)17-21-8-6-20(7-9-21)14-25-22(23-3)24-10-4-12-28-13-5-11-26-28;/h5-9,11,13,18-19H,4,10,12,14-17H2,1-3H3,(H2,23,24,25);1H. The van der Waals surface area contributed by atoms with Crippen molar-refractivity contribution in [2.75, 3.05) is 26.7 Å². The minimum atomic E-state index is 0. The Balaban J connectivity index is 0.00000320. The first kappa shape index (κ1) is 24.6. The fourth-order valence-corrected chi connectivity index (χ4v) is 3.72. The van der Waals surface area contributed by atoms with Gasteiger partial charge >= 0.3 is 0 Å². The normalized spacial score (nSPS) is 19.9. The molecule has 1 aromatic carbocycles. The molecule has 166 valence electrons. The van der Waals surface area contributed by atoms with E-state index in [2.05, 4.69) is 63.7 Å². The zero-order chi connectivity index (χ0) is 20.5. The molecule has 0 spiro atoms. The zero-order valence-electron chi connectivity index (χ0n) is 18.3. The van der Waals surface area contributed by atoms with E-state index >= 15 is 0 Å². The summed E-state index contributed by atoms with van der Waals surface area (Å²) >= 11 is 0. The average Bonchev–Trinajstić information content (AvgIpc) is 3.21. The topological polar surface area (TPSA) is 66.7 Å². The van der Waals surface area contributed by atoms with Gasteiger partial charge in [-0.3, -0.25) is 14.6 Å². The summed E-state index contributed by atoms with van der Waals surface area (Å²) in [6.45, 7) is 9.78. The monoisotopic (exact) mass is 526 g/mol. The van der Waals surface area contributed by atoms with Crippen molar-refractivity contribution >= 4 is 29.9 Å². The lowest BCUT2D eigenvalue weighted by Crippen LogP contribution is -2.44. The molecular formula is C22H35IN6O. The molecule has 1 aliphatic heterocycles. The summed E-state index contributed by atoms with van der Waals surface area (Å²) in [5, 5.41) is 11.0.